The van der Waals surface area contributed by atoms with Crippen molar-refractivity contribution in [3.63, 3.8) is 0 Å². The van der Waals surface area contributed by atoms with Crippen LogP contribution >= 0.6 is 0 Å². The third kappa shape index (κ3) is 4.80. The molecule has 0 radical (unpaired) electrons. The molecule has 0 amide bonds. The lowest BCUT2D eigenvalue weighted by Crippen LogP contribution is -2.37. The summed E-state index contributed by atoms with van der Waals surface area (Å²) in [6.07, 6.45) is 3.25. The zero-order chi connectivity index (χ0) is 12.0. The van der Waals surface area contributed by atoms with E-state index in [0.29, 0.717) is 18.6 Å². The fourth-order valence-corrected chi connectivity index (χ4v) is 2.77. The first-order valence-electron chi connectivity index (χ1n) is 6.10. The van der Waals surface area contributed by atoms with E-state index in [1.54, 1.807) is 6.92 Å². The SMILES string of the molecule is CCS(=O)(=O)CCCNC(C)C1CCCO1. The molecular formula is C11H23NO3S. The van der Waals surface area contributed by atoms with Crippen molar-refractivity contribution in [2.75, 3.05) is 24.7 Å². The van der Waals surface area contributed by atoms with Gasteiger partial charge in [-0.15, -0.1) is 0 Å². The van der Waals surface area contributed by atoms with Gasteiger partial charge in [0.15, 0.2) is 0 Å². The number of sulfone groups is 1. The van der Waals surface area contributed by atoms with E-state index in [1.807, 2.05) is 0 Å². The molecule has 0 spiro atoms. The maximum atomic E-state index is 11.2. The highest BCUT2D eigenvalue weighted by atomic mass is 32.2. The summed E-state index contributed by atoms with van der Waals surface area (Å²) >= 11 is 0. The molecular weight excluding hydrogens is 226 g/mol. The zero-order valence-electron chi connectivity index (χ0n) is 10.2. The van der Waals surface area contributed by atoms with E-state index in [1.165, 1.54) is 0 Å². The van der Waals surface area contributed by atoms with E-state index < -0.39 is 9.84 Å². The van der Waals surface area contributed by atoms with Crippen LogP contribution in [0.3, 0.4) is 0 Å². The Morgan fingerprint density at radius 3 is 2.81 bits per heavy atom. The zero-order valence-corrected chi connectivity index (χ0v) is 11.1. The van der Waals surface area contributed by atoms with Gasteiger partial charge in [-0.2, -0.15) is 0 Å². The predicted octanol–water partition coefficient (Wildman–Crippen LogP) is 0.968. The summed E-state index contributed by atoms with van der Waals surface area (Å²) in [6, 6.07) is 0.326. The molecule has 1 rings (SSSR count). The minimum Gasteiger partial charge on any atom is -0.377 e. The minimum atomic E-state index is -2.81. The van der Waals surface area contributed by atoms with Crippen LogP contribution in [0.25, 0.3) is 0 Å². The summed E-state index contributed by atoms with van der Waals surface area (Å²) < 4.78 is 28.0. The average Bonchev–Trinajstić information content (AvgIpc) is 2.77. The predicted molar refractivity (Wildman–Crippen MR) is 65.4 cm³/mol. The molecule has 2 atom stereocenters. The molecule has 1 aliphatic rings. The molecule has 1 aliphatic heterocycles. The van der Waals surface area contributed by atoms with Gasteiger partial charge in [-0.3, -0.25) is 0 Å². The molecule has 5 heteroatoms. The highest BCUT2D eigenvalue weighted by Crippen LogP contribution is 2.15. The molecule has 1 heterocycles. The Labute approximate surface area is 98.7 Å². The van der Waals surface area contributed by atoms with E-state index in [0.717, 1.165) is 26.0 Å². The van der Waals surface area contributed by atoms with Crippen LogP contribution in [0, 0.1) is 0 Å². The minimum absolute atomic E-state index is 0.244. The molecule has 0 aromatic carbocycles. The highest BCUT2D eigenvalue weighted by Gasteiger charge is 2.21. The lowest BCUT2D eigenvalue weighted by Gasteiger charge is -2.19. The van der Waals surface area contributed by atoms with Crippen LogP contribution in [-0.2, 0) is 14.6 Å². The first-order valence-corrected chi connectivity index (χ1v) is 7.92. The fraction of sp³-hybridized carbons (Fsp3) is 1.00. The maximum Gasteiger partial charge on any atom is 0.150 e. The molecule has 2 unspecified atom stereocenters. The molecule has 16 heavy (non-hydrogen) atoms. The Morgan fingerprint density at radius 1 is 1.50 bits per heavy atom. The molecule has 1 N–H and O–H groups in total. The van der Waals surface area contributed by atoms with Gasteiger partial charge in [0, 0.05) is 18.4 Å². The summed E-state index contributed by atoms with van der Waals surface area (Å²) in [5.74, 6) is 0.531. The normalized spacial score (nSPS) is 23.5. The summed E-state index contributed by atoms with van der Waals surface area (Å²) in [5, 5.41) is 3.33. The lowest BCUT2D eigenvalue weighted by molar-refractivity contribution is 0.0838. The smallest absolute Gasteiger partial charge is 0.150 e. The molecule has 1 fully saturated rings. The van der Waals surface area contributed by atoms with E-state index in [4.69, 9.17) is 4.74 Å². The second-order valence-corrected chi connectivity index (χ2v) is 6.86. The van der Waals surface area contributed by atoms with Crippen molar-refractivity contribution in [3.8, 4) is 0 Å². The summed E-state index contributed by atoms with van der Waals surface area (Å²) in [5.41, 5.74) is 0. The van der Waals surface area contributed by atoms with Crippen molar-refractivity contribution < 1.29 is 13.2 Å². The first-order chi connectivity index (χ1) is 7.55. The molecule has 4 nitrogen and oxygen atoms in total. The van der Waals surface area contributed by atoms with Crippen LogP contribution in [0.5, 0.6) is 0 Å². The highest BCUT2D eigenvalue weighted by molar-refractivity contribution is 7.91. The van der Waals surface area contributed by atoms with Gasteiger partial charge in [-0.25, -0.2) is 8.42 Å². The van der Waals surface area contributed by atoms with E-state index >= 15 is 0 Å². The van der Waals surface area contributed by atoms with Crippen molar-refractivity contribution in [2.45, 2.75) is 45.3 Å². The maximum absolute atomic E-state index is 11.2. The van der Waals surface area contributed by atoms with Crippen LogP contribution in [0.15, 0.2) is 0 Å². The largest absolute Gasteiger partial charge is 0.377 e. The fourth-order valence-electron chi connectivity index (χ4n) is 1.89. The van der Waals surface area contributed by atoms with Gasteiger partial charge < -0.3 is 10.1 Å². The topological polar surface area (TPSA) is 55.4 Å². The van der Waals surface area contributed by atoms with Crippen molar-refractivity contribution in [1.29, 1.82) is 0 Å². The average molecular weight is 249 g/mol. The van der Waals surface area contributed by atoms with Crippen molar-refractivity contribution in [1.82, 2.24) is 5.32 Å². The van der Waals surface area contributed by atoms with Gasteiger partial charge in [0.2, 0.25) is 0 Å². The third-order valence-corrected chi connectivity index (χ3v) is 4.85. The van der Waals surface area contributed by atoms with Gasteiger partial charge in [-0.05, 0) is 32.7 Å². The molecule has 0 bridgehead atoms. The molecule has 0 aliphatic carbocycles. The van der Waals surface area contributed by atoms with Crippen LogP contribution in [0.1, 0.15) is 33.1 Å². The Bertz CT molecular complexity index is 284. The van der Waals surface area contributed by atoms with Crippen molar-refractivity contribution in [3.05, 3.63) is 0 Å². The second-order valence-electron chi connectivity index (χ2n) is 4.38. The second kappa shape index (κ2) is 6.57. The standard InChI is InChI=1S/C11H23NO3S/c1-3-16(13,14)9-5-7-12-10(2)11-6-4-8-15-11/h10-12H,3-9H2,1-2H3. The molecule has 0 aromatic heterocycles. The Balaban J connectivity index is 2.11. The number of hydrogen-bond acceptors (Lipinski definition) is 4. The van der Waals surface area contributed by atoms with Crippen LogP contribution in [0.4, 0.5) is 0 Å². The number of ether oxygens (including phenoxy) is 1. The van der Waals surface area contributed by atoms with E-state index in [9.17, 15) is 8.42 Å². The van der Waals surface area contributed by atoms with Gasteiger partial charge in [0.05, 0.1) is 11.9 Å². The quantitative estimate of drug-likeness (QED) is 0.683. The summed E-state index contributed by atoms with van der Waals surface area (Å²) in [7, 11) is -2.81. The monoisotopic (exact) mass is 249 g/mol. The van der Waals surface area contributed by atoms with E-state index in [2.05, 4.69) is 12.2 Å². The molecule has 0 saturated carbocycles. The molecule has 1 saturated heterocycles. The van der Waals surface area contributed by atoms with Crippen LogP contribution in [-0.4, -0.2) is 45.2 Å². The number of rotatable bonds is 7. The van der Waals surface area contributed by atoms with Crippen molar-refractivity contribution >= 4 is 9.84 Å². The van der Waals surface area contributed by atoms with Crippen molar-refractivity contribution in [2.24, 2.45) is 0 Å². The number of hydrogen-bond donors (Lipinski definition) is 1. The lowest BCUT2D eigenvalue weighted by atomic mass is 10.1. The Kier molecular flexibility index (Phi) is 5.72. The molecule has 0 aromatic rings. The summed E-state index contributed by atoms with van der Waals surface area (Å²) in [4.78, 5) is 0. The van der Waals surface area contributed by atoms with Gasteiger partial charge in [-0.1, -0.05) is 6.92 Å². The van der Waals surface area contributed by atoms with Gasteiger partial charge in [0.1, 0.15) is 9.84 Å². The van der Waals surface area contributed by atoms with Gasteiger partial charge in [0.25, 0.3) is 0 Å². The van der Waals surface area contributed by atoms with Crippen LogP contribution < -0.4 is 5.32 Å². The van der Waals surface area contributed by atoms with Crippen LogP contribution in [0.2, 0.25) is 0 Å². The Hall–Kier alpha value is -0.130. The van der Waals surface area contributed by atoms with E-state index in [-0.39, 0.29) is 11.5 Å². The summed E-state index contributed by atoms with van der Waals surface area (Å²) in [6.45, 7) is 5.41. The third-order valence-electron chi connectivity index (χ3n) is 3.06. The first kappa shape index (κ1) is 13.9. The molecule has 96 valence electrons. The number of nitrogens with one attached hydrogen (secondary N) is 1. The van der Waals surface area contributed by atoms with Gasteiger partial charge >= 0.3 is 0 Å². The Morgan fingerprint density at radius 2 is 2.25 bits per heavy atom.